The van der Waals surface area contributed by atoms with E-state index in [0.717, 1.165) is 0 Å². The van der Waals surface area contributed by atoms with Crippen molar-refractivity contribution in [2.45, 2.75) is 0 Å². The fourth-order valence-electron chi connectivity index (χ4n) is 1.13. The lowest BCUT2D eigenvalue weighted by molar-refractivity contribution is -0.406. The Balaban J connectivity index is 2.76. The van der Waals surface area contributed by atoms with E-state index < -0.39 is 10.9 Å². The van der Waals surface area contributed by atoms with E-state index in [-0.39, 0.29) is 16.7 Å². The van der Waals surface area contributed by atoms with Gasteiger partial charge in [0.05, 0.1) is 5.56 Å². The largest absolute Gasteiger partial charge is 0.546 e. The number of oxazole rings is 1. The van der Waals surface area contributed by atoms with E-state index >= 15 is 0 Å². The van der Waals surface area contributed by atoms with Gasteiger partial charge in [-0.2, -0.15) is 0 Å². The van der Waals surface area contributed by atoms with Crippen LogP contribution in [0.4, 0.5) is 6.01 Å². The van der Waals surface area contributed by atoms with Crippen LogP contribution in [0.15, 0.2) is 22.6 Å². The smallest absolute Gasteiger partial charge is 0.381 e. The number of fused-ring (bicyclic) bond motifs is 1. The number of carbonyl (C=O) groups is 1. The zero-order valence-corrected chi connectivity index (χ0v) is 6.84. The Hall–Kier alpha value is -2.24. The summed E-state index contributed by atoms with van der Waals surface area (Å²) in [6, 6.07) is 4.00. The van der Waals surface area contributed by atoms with Gasteiger partial charge in [0.15, 0.2) is 11.9 Å². The Morgan fingerprint density at radius 1 is 1.50 bits per heavy atom. The van der Waals surface area contributed by atoms with Crippen LogP contribution in [0, 0.1) is 10.1 Å². The van der Waals surface area contributed by atoms with E-state index in [9.17, 15) is 14.9 Å². The van der Waals surface area contributed by atoms with Crippen molar-refractivity contribution in [2.24, 2.45) is 0 Å². The molecule has 0 bridgehead atoms. The number of nitro groups is 1. The molecule has 0 saturated heterocycles. The molecule has 14 heavy (non-hydrogen) atoms. The SMILES string of the molecule is O=Cc1cccc2oc([N+](=O)[O-])nc12. The van der Waals surface area contributed by atoms with Gasteiger partial charge in [0.1, 0.15) is 0 Å². The standard InChI is InChI=1S/C8H4N2O4/c11-4-5-2-1-3-6-7(5)9-8(14-6)10(12)13/h1-4H. The Morgan fingerprint density at radius 2 is 2.29 bits per heavy atom. The molecule has 0 fully saturated rings. The lowest BCUT2D eigenvalue weighted by Crippen LogP contribution is -1.87. The summed E-state index contributed by atoms with van der Waals surface area (Å²) in [6.45, 7) is 0. The highest BCUT2D eigenvalue weighted by Gasteiger charge is 2.19. The molecule has 0 amide bonds. The number of para-hydroxylation sites is 1. The molecule has 0 unspecified atom stereocenters. The highest BCUT2D eigenvalue weighted by Crippen LogP contribution is 2.22. The first kappa shape index (κ1) is 8.36. The Kier molecular flexibility index (Phi) is 1.74. The van der Waals surface area contributed by atoms with Gasteiger partial charge in [-0.15, -0.1) is 0 Å². The van der Waals surface area contributed by atoms with Gasteiger partial charge >= 0.3 is 6.01 Å². The topological polar surface area (TPSA) is 86.2 Å². The third-order valence-corrected chi connectivity index (χ3v) is 1.72. The lowest BCUT2D eigenvalue weighted by Gasteiger charge is -1.84. The number of nitrogens with zero attached hydrogens (tertiary/aromatic N) is 2. The molecule has 6 heteroatoms. The van der Waals surface area contributed by atoms with E-state index in [4.69, 9.17) is 4.42 Å². The minimum atomic E-state index is -0.741. The molecule has 0 aliphatic rings. The summed E-state index contributed by atoms with van der Waals surface area (Å²) >= 11 is 0. The van der Waals surface area contributed by atoms with Gasteiger partial charge in [0.25, 0.3) is 0 Å². The third-order valence-electron chi connectivity index (χ3n) is 1.72. The summed E-state index contributed by atoms with van der Waals surface area (Å²) in [4.78, 5) is 23.7. The maximum Gasteiger partial charge on any atom is 0.546 e. The molecule has 1 heterocycles. The van der Waals surface area contributed by atoms with Gasteiger partial charge < -0.3 is 14.5 Å². The van der Waals surface area contributed by atoms with E-state index in [1.807, 2.05) is 0 Å². The third kappa shape index (κ3) is 1.13. The normalized spacial score (nSPS) is 10.3. The maximum absolute atomic E-state index is 10.5. The van der Waals surface area contributed by atoms with Gasteiger partial charge in [-0.05, 0) is 12.1 Å². The van der Waals surface area contributed by atoms with E-state index in [0.29, 0.717) is 6.29 Å². The summed E-state index contributed by atoms with van der Waals surface area (Å²) in [5.74, 6) is 0. The quantitative estimate of drug-likeness (QED) is 0.409. The summed E-state index contributed by atoms with van der Waals surface area (Å²) < 4.78 is 4.80. The molecule has 0 atom stereocenters. The number of aldehydes is 1. The Morgan fingerprint density at radius 3 is 2.93 bits per heavy atom. The fraction of sp³-hybridized carbons (Fsp3) is 0. The van der Waals surface area contributed by atoms with Crippen LogP contribution in [0.3, 0.4) is 0 Å². The molecular formula is C8H4N2O4. The number of carbonyl (C=O) groups excluding carboxylic acids is 1. The molecule has 1 aromatic carbocycles. The number of rotatable bonds is 2. The van der Waals surface area contributed by atoms with Crippen molar-refractivity contribution in [1.82, 2.24) is 4.98 Å². The molecule has 1 aromatic heterocycles. The predicted octanol–water partition coefficient (Wildman–Crippen LogP) is 1.55. The van der Waals surface area contributed by atoms with Crippen LogP contribution in [0.5, 0.6) is 0 Å². The molecule has 0 N–H and O–H groups in total. The highest BCUT2D eigenvalue weighted by atomic mass is 16.7. The second kappa shape index (κ2) is 2.91. The number of benzene rings is 1. The zero-order valence-electron chi connectivity index (χ0n) is 6.84. The highest BCUT2D eigenvalue weighted by molar-refractivity contribution is 5.93. The van der Waals surface area contributed by atoms with Gasteiger partial charge in [0, 0.05) is 9.91 Å². The minimum Gasteiger partial charge on any atom is -0.381 e. The van der Waals surface area contributed by atoms with Crippen molar-refractivity contribution >= 4 is 23.4 Å². The van der Waals surface area contributed by atoms with Crippen molar-refractivity contribution in [3.63, 3.8) is 0 Å². The summed E-state index contributed by atoms with van der Waals surface area (Å²) in [5.41, 5.74) is 0.731. The second-order valence-corrected chi connectivity index (χ2v) is 2.57. The van der Waals surface area contributed by atoms with Gasteiger partial charge in [-0.25, -0.2) is 0 Å². The maximum atomic E-state index is 10.5. The number of hydrogen-bond acceptors (Lipinski definition) is 5. The predicted molar refractivity (Wildman–Crippen MR) is 46.1 cm³/mol. The molecule has 0 saturated carbocycles. The summed E-state index contributed by atoms with van der Waals surface area (Å²) in [6.07, 6.45) is 0.578. The average molecular weight is 192 g/mol. The first-order valence-corrected chi connectivity index (χ1v) is 3.71. The Bertz CT molecular complexity index is 517. The van der Waals surface area contributed by atoms with Crippen molar-refractivity contribution in [3.05, 3.63) is 33.9 Å². The number of hydrogen-bond donors (Lipinski definition) is 0. The first-order chi connectivity index (χ1) is 6.72. The molecule has 2 rings (SSSR count). The van der Waals surface area contributed by atoms with Crippen molar-refractivity contribution in [2.75, 3.05) is 0 Å². The van der Waals surface area contributed by atoms with Crippen LogP contribution in [0.1, 0.15) is 10.4 Å². The molecule has 6 nitrogen and oxygen atoms in total. The van der Waals surface area contributed by atoms with E-state index in [2.05, 4.69) is 4.98 Å². The molecule has 70 valence electrons. The first-order valence-electron chi connectivity index (χ1n) is 3.71. The van der Waals surface area contributed by atoms with Gasteiger partial charge in [0.2, 0.25) is 5.52 Å². The summed E-state index contributed by atoms with van der Waals surface area (Å²) in [7, 11) is 0. The van der Waals surface area contributed by atoms with Gasteiger partial charge in [-0.1, -0.05) is 6.07 Å². The van der Waals surface area contributed by atoms with Crippen molar-refractivity contribution in [3.8, 4) is 0 Å². The Labute approximate surface area is 77.3 Å². The zero-order chi connectivity index (χ0) is 10.1. The summed E-state index contributed by atoms with van der Waals surface area (Å²) in [5, 5.41) is 10.3. The van der Waals surface area contributed by atoms with Crippen LogP contribution in [-0.4, -0.2) is 16.2 Å². The van der Waals surface area contributed by atoms with Gasteiger partial charge in [-0.3, -0.25) is 4.79 Å². The average Bonchev–Trinajstić information content (AvgIpc) is 2.60. The van der Waals surface area contributed by atoms with Crippen molar-refractivity contribution < 1.29 is 14.1 Å². The molecule has 0 spiro atoms. The fourth-order valence-corrected chi connectivity index (χ4v) is 1.13. The molecule has 0 aliphatic carbocycles. The lowest BCUT2D eigenvalue weighted by atomic mass is 10.2. The van der Waals surface area contributed by atoms with E-state index in [1.54, 1.807) is 6.07 Å². The monoisotopic (exact) mass is 192 g/mol. The second-order valence-electron chi connectivity index (χ2n) is 2.57. The van der Waals surface area contributed by atoms with Crippen LogP contribution < -0.4 is 0 Å². The van der Waals surface area contributed by atoms with Crippen molar-refractivity contribution in [1.29, 1.82) is 0 Å². The molecule has 2 aromatic rings. The molecular weight excluding hydrogens is 188 g/mol. The minimum absolute atomic E-state index is 0.217. The van der Waals surface area contributed by atoms with Crippen LogP contribution in [0.2, 0.25) is 0 Å². The van der Waals surface area contributed by atoms with E-state index in [1.165, 1.54) is 12.1 Å². The molecule has 0 aliphatic heterocycles. The van der Waals surface area contributed by atoms with Crippen LogP contribution in [-0.2, 0) is 0 Å². The van der Waals surface area contributed by atoms with Crippen LogP contribution >= 0.6 is 0 Å². The van der Waals surface area contributed by atoms with Crippen LogP contribution in [0.25, 0.3) is 11.1 Å². The molecule has 0 radical (unpaired) electrons. The number of aromatic nitrogens is 1.